The van der Waals surface area contributed by atoms with Gasteiger partial charge in [0, 0.05) is 33.8 Å². The lowest BCUT2D eigenvalue weighted by atomic mass is 9.85. The second-order valence-electron chi connectivity index (χ2n) is 10.8. The van der Waals surface area contributed by atoms with Gasteiger partial charge >= 0.3 is 15.5 Å². The van der Waals surface area contributed by atoms with Crippen molar-refractivity contribution in [2.75, 3.05) is 10.0 Å². The molecule has 1 heterocycles. The molecule has 49 heavy (non-hydrogen) atoms. The van der Waals surface area contributed by atoms with E-state index in [0.29, 0.717) is 44.9 Å². The van der Waals surface area contributed by atoms with Crippen molar-refractivity contribution in [1.82, 2.24) is 9.97 Å². The lowest BCUT2D eigenvalue weighted by Crippen LogP contribution is -2.30. The number of ether oxygens (including phenoxy) is 1. The van der Waals surface area contributed by atoms with Gasteiger partial charge in [-0.2, -0.15) is 21.6 Å². The van der Waals surface area contributed by atoms with E-state index in [1.165, 1.54) is 12.1 Å². The minimum Gasteiger partial charge on any atom is -0.455 e. The molecule has 2 N–H and O–H groups in total. The van der Waals surface area contributed by atoms with Crippen molar-refractivity contribution in [2.45, 2.75) is 26.3 Å². The summed E-state index contributed by atoms with van der Waals surface area (Å²) in [6.07, 6.45) is 0. The Balaban J connectivity index is 0.00000205. The Hall–Kier alpha value is -5.75. The molecule has 0 aliphatic heterocycles. The number of rotatable bonds is 7. The van der Waals surface area contributed by atoms with Gasteiger partial charge in [-0.05, 0) is 48.9 Å². The first-order chi connectivity index (χ1) is 23.5. The lowest BCUT2D eigenvalue weighted by Gasteiger charge is -2.24. The SMILES string of the molecule is CC.Cc1ccc(-c2nc3c4c(c(Nc5ccccc5)cc(Oc5ccccc5)c4n2)C(=O)c2ccccc2-3)c(NS(=O)(=O)C(F)(F)F)c1. The van der Waals surface area contributed by atoms with Crippen LogP contribution in [0.4, 0.5) is 30.2 Å². The molecule has 0 spiro atoms. The van der Waals surface area contributed by atoms with Crippen LogP contribution in [0.3, 0.4) is 0 Å². The summed E-state index contributed by atoms with van der Waals surface area (Å²) in [5, 5.41) is 3.70. The number of hydrogen-bond acceptors (Lipinski definition) is 7. The molecule has 1 aliphatic rings. The van der Waals surface area contributed by atoms with E-state index >= 15 is 0 Å². The molecule has 6 aromatic rings. The van der Waals surface area contributed by atoms with Crippen LogP contribution in [0.1, 0.15) is 35.3 Å². The van der Waals surface area contributed by atoms with Gasteiger partial charge < -0.3 is 10.1 Å². The fraction of sp³-hybridized carbons (Fsp3) is 0.108. The molecule has 0 amide bonds. The van der Waals surface area contributed by atoms with Gasteiger partial charge in [-0.25, -0.2) is 9.97 Å². The first kappa shape index (κ1) is 33.2. The van der Waals surface area contributed by atoms with E-state index in [4.69, 9.17) is 14.7 Å². The van der Waals surface area contributed by atoms with Crippen molar-refractivity contribution in [2.24, 2.45) is 0 Å². The van der Waals surface area contributed by atoms with Gasteiger partial charge in [0.15, 0.2) is 17.4 Å². The smallest absolute Gasteiger partial charge is 0.455 e. The Bertz CT molecular complexity index is 2320. The number of hydrogen-bond donors (Lipinski definition) is 2. The molecule has 0 fully saturated rings. The van der Waals surface area contributed by atoms with Crippen LogP contribution in [0.15, 0.2) is 109 Å². The maximum absolute atomic E-state index is 14.2. The number of alkyl halides is 3. The van der Waals surface area contributed by atoms with Gasteiger partial charge in [-0.3, -0.25) is 9.52 Å². The van der Waals surface area contributed by atoms with Gasteiger partial charge in [0.2, 0.25) is 0 Å². The lowest BCUT2D eigenvalue weighted by molar-refractivity contribution is -0.0429. The predicted octanol–water partition coefficient (Wildman–Crippen LogP) is 9.64. The summed E-state index contributed by atoms with van der Waals surface area (Å²) >= 11 is 0. The zero-order valence-corrected chi connectivity index (χ0v) is 27.3. The molecule has 0 unspecified atom stereocenters. The zero-order valence-electron chi connectivity index (χ0n) is 26.5. The average Bonchev–Trinajstić information content (AvgIpc) is 3.09. The second kappa shape index (κ2) is 13.0. The molecule has 0 radical (unpaired) electrons. The Morgan fingerprint density at radius 2 is 1.37 bits per heavy atom. The summed E-state index contributed by atoms with van der Waals surface area (Å²) < 4.78 is 72.8. The highest BCUT2D eigenvalue weighted by Gasteiger charge is 2.46. The summed E-state index contributed by atoms with van der Waals surface area (Å²) in [4.78, 5) is 23.7. The number of carbonyl (C=O) groups is 1. The van der Waals surface area contributed by atoms with E-state index < -0.39 is 15.5 Å². The van der Waals surface area contributed by atoms with Crippen LogP contribution in [0, 0.1) is 6.92 Å². The van der Waals surface area contributed by atoms with Gasteiger partial charge in [0.05, 0.1) is 22.6 Å². The molecule has 8 nitrogen and oxygen atoms in total. The van der Waals surface area contributed by atoms with E-state index in [2.05, 4.69) is 5.32 Å². The topological polar surface area (TPSA) is 110 Å². The van der Waals surface area contributed by atoms with Gasteiger partial charge in [-0.15, -0.1) is 0 Å². The van der Waals surface area contributed by atoms with Crippen LogP contribution in [-0.2, 0) is 10.0 Å². The molecule has 248 valence electrons. The minimum atomic E-state index is -5.78. The van der Waals surface area contributed by atoms with Crippen LogP contribution in [0.2, 0.25) is 0 Å². The fourth-order valence-electron chi connectivity index (χ4n) is 5.46. The third kappa shape index (κ3) is 6.30. The Labute approximate surface area is 280 Å². The fourth-order valence-corrected chi connectivity index (χ4v) is 6.04. The van der Waals surface area contributed by atoms with Crippen molar-refractivity contribution < 1.29 is 31.1 Å². The number of benzene rings is 5. The van der Waals surface area contributed by atoms with E-state index in [0.717, 1.165) is 0 Å². The summed E-state index contributed by atoms with van der Waals surface area (Å²) in [6.45, 7) is 5.61. The number of nitrogens with one attached hydrogen (secondary N) is 2. The molecular weight excluding hydrogens is 653 g/mol. The molecule has 5 aromatic carbocycles. The van der Waals surface area contributed by atoms with Crippen LogP contribution in [-0.4, -0.2) is 29.7 Å². The summed E-state index contributed by atoms with van der Waals surface area (Å²) in [6, 6.07) is 31.0. The highest BCUT2D eigenvalue weighted by atomic mass is 32.2. The summed E-state index contributed by atoms with van der Waals surface area (Å²) in [5.74, 6) is 0.332. The van der Waals surface area contributed by atoms with Crippen LogP contribution >= 0.6 is 0 Å². The number of ketones is 1. The van der Waals surface area contributed by atoms with Crippen molar-refractivity contribution >= 4 is 43.8 Å². The predicted molar refractivity (Wildman–Crippen MR) is 185 cm³/mol. The molecule has 7 rings (SSSR count). The van der Waals surface area contributed by atoms with Gasteiger partial charge in [0.1, 0.15) is 11.3 Å². The number of aryl methyl sites for hydroxylation is 1. The maximum atomic E-state index is 14.2. The Morgan fingerprint density at radius 1 is 0.735 bits per heavy atom. The standard InChI is InChI=1S/C35H23F3N4O4S.C2H6/c1-20-16-17-25(26(18-20)42-47(44,45)35(36,37)38)34-40-31-23-14-8-9-15-24(23)33(43)29-27(39-21-10-4-2-5-11-21)19-28(32(41-34)30(29)31)46-22-12-6-3-7-13-22;1-2/h2-19,39,42H,1H3;1-2H3. The number of para-hydroxylation sites is 2. The molecule has 1 aliphatic carbocycles. The van der Waals surface area contributed by atoms with Crippen LogP contribution in [0.25, 0.3) is 33.5 Å². The third-order valence-electron chi connectivity index (χ3n) is 7.58. The minimum absolute atomic E-state index is 0.00495. The van der Waals surface area contributed by atoms with Gasteiger partial charge in [-0.1, -0.05) is 80.6 Å². The summed E-state index contributed by atoms with van der Waals surface area (Å²) in [7, 11) is -5.78. The quantitative estimate of drug-likeness (QED) is 0.172. The Morgan fingerprint density at radius 3 is 2.04 bits per heavy atom. The van der Waals surface area contributed by atoms with Gasteiger partial charge in [0.25, 0.3) is 0 Å². The molecule has 1 aromatic heterocycles. The van der Waals surface area contributed by atoms with Crippen molar-refractivity contribution in [1.29, 1.82) is 0 Å². The number of halogens is 3. The molecular formula is C37H29F3N4O4S. The van der Waals surface area contributed by atoms with E-state index in [-0.39, 0.29) is 39.7 Å². The second-order valence-corrected chi connectivity index (χ2v) is 12.5. The number of sulfonamides is 1. The van der Waals surface area contributed by atoms with Crippen molar-refractivity contribution in [3.8, 4) is 34.1 Å². The van der Waals surface area contributed by atoms with E-state index in [9.17, 15) is 26.4 Å². The first-order valence-electron chi connectivity index (χ1n) is 15.3. The van der Waals surface area contributed by atoms with Crippen molar-refractivity contribution in [3.63, 3.8) is 0 Å². The Kier molecular flexibility index (Phi) is 8.83. The molecule has 0 bridgehead atoms. The maximum Gasteiger partial charge on any atom is 0.516 e. The van der Waals surface area contributed by atoms with Crippen LogP contribution in [0.5, 0.6) is 11.5 Å². The monoisotopic (exact) mass is 682 g/mol. The number of anilines is 3. The molecule has 0 atom stereocenters. The first-order valence-corrected chi connectivity index (χ1v) is 16.8. The average molecular weight is 683 g/mol. The molecule has 0 saturated heterocycles. The molecule has 0 saturated carbocycles. The number of fused-ring (bicyclic) bond motifs is 2. The number of aromatic nitrogens is 2. The van der Waals surface area contributed by atoms with Crippen molar-refractivity contribution in [3.05, 3.63) is 126 Å². The highest BCUT2D eigenvalue weighted by molar-refractivity contribution is 7.93. The van der Waals surface area contributed by atoms with E-state index in [1.54, 1.807) is 72.3 Å². The highest BCUT2D eigenvalue weighted by Crippen LogP contribution is 2.47. The number of carbonyl (C=O) groups excluding carboxylic acids is 1. The summed E-state index contributed by atoms with van der Waals surface area (Å²) in [5.41, 5.74) is -2.63. The van der Waals surface area contributed by atoms with E-state index in [1.807, 2.05) is 50.2 Å². The third-order valence-corrected chi connectivity index (χ3v) is 8.68. The van der Waals surface area contributed by atoms with Crippen LogP contribution < -0.4 is 14.8 Å². The number of nitrogens with zero attached hydrogens (tertiary/aromatic N) is 2. The molecule has 12 heteroatoms. The normalized spacial score (nSPS) is 12.1. The zero-order chi connectivity index (χ0) is 34.9. The largest absolute Gasteiger partial charge is 0.516 e.